The molecule has 15 rings (SSSR count). The Labute approximate surface area is 686 Å². The SMILES string of the molecule is Brc1ccc(-c2ccc[se]2)[se]1.Brc1ccc(-c2ccc[se]2)[se]1.Brc1ccc[se]1.Brc1ccc[se]1.Brc1ccc[se]1.C.ClC(Cl)Cl.ClC(Cl)Cl.c1c[se]c(-c2ccc(-c3ccc[se]3)[se]2)c1.c1c[se]c(-c2ccc[se]2)c1.c1c[se]c(-c2ccc[se]2)c1.c1cc[se]c1. The molecule has 0 aromatic carbocycles. The molecule has 89 heavy (non-hydrogen) atoms. The van der Waals surface area contributed by atoms with Crippen LogP contribution in [0.15, 0.2) is 263 Å². The van der Waals surface area contributed by atoms with Crippen LogP contribution in [0.5, 0.6) is 0 Å². The molecule has 0 saturated heterocycles. The quantitative estimate of drug-likeness (QED) is 0.115. The van der Waals surface area contributed by atoms with Crippen LogP contribution in [-0.4, -0.2) is 226 Å². The van der Waals surface area contributed by atoms with Gasteiger partial charge in [-0.2, -0.15) is 0 Å². The van der Waals surface area contributed by atoms with Crippen LogP contribution in [0.2, 0.25) is 0 Å². The van der Waals surface area contributed by atoms with Gasteiger partial charge in [-0.3, -0.25) is 0 Å². The Morgan fingerprint density at radius 1 is 0.202 bits per heavy atom. The molecule has 15 aromatic heterocycles. The van der Waals surface area contributed by atoms with Gasteiger partial charge in [-0.1, -0.05) is 77.0 Å². The topological polar surface area (TPSA) is 0 Å². The molecule has 0 saturated carbocycles. The normalized spacial score (nSPS) is 9.63. The van der Waals surface area contributed by atoms with Gasteiger partial charge >= 0.3 is 613 Å². The Kier molecular flexibility index (Phi) is 51.8. The van der Waals surface area contributed by atoms with Crippen LogP contribution in [0.4, 0.5) is 0 Å². The Morgan fingerprint density at radius 2 is 0.393 bits per heavy atom. The zero-order valence-electron chi connectivity index (χ0n) is 44.8. The summed E-state index contributed by atoms with van der Waals surface area (Å²) in [5, 5.41) is 0. The fourth-order valence-corrected chi connectivity index (χ4v) is 35.2. The summed E-state index contributed by atoms with van der Waals surface area (Å²) < 4.78 is 24.2. The van der Waals surface area contributed by atoms with Crippen LogP contribution >= 0.6 is 149 Å². The van der Waals surface area contributed by atoms with Crippen molar-refractivity contribution in [3.05, 3.63) is 263 Å². The van der Waals surface area contributed by atoms with Gasteiger partial charge in [0.25, 0.3) is 0 Å². The first kappa shape index (κ1) is 85.5. The van der Waals surface area contributed by atoms with Gasteiger partial charge in [-0.05, 0) is 0 Å². The molecular formula is C63H49Br5Cl6Se15. The number of hydrogen-bond donors (Lipinski definition) is 0. The van der Waals surface area contributed by atoms with E-state index in [0.29, 0.717) is 218 Å². The standard InChI is InChI=1S/C12H8Se3.2C8H5BrSe2.2C8H6Se2.3C4H3BrSe.C4H4Se.2CHCl3.CH4/c1-3-9(13-7-1)11-5-6-12(15-11)10-4-2-8-14-10;2*9-8-4-3-7(11-8)6-2-1-5-10-6;2*1-3-7(9-5-1)8-4-2-6-10-8;3*5-4-2-1-3-6-4;1-2-4-5-3-1;2*2-1(3)4;/h1-8H;2*1-5H;2*1-6H;3*1-3H;1-4H;2*1H;1H4. The molecule has 0 amide bonds. The first-order chi connectivity index (χ1) is 42.7. The van der Waals surface area contributed by atoms with Gasteiger partial charge < -0.3 is 0 Å². The molecular weight excluding hydrogens is 2550 g/mol. The minimum absolute atomic E-state index is 0. The molecule has 0 spiro atoms. The molecule has 26 heteroatoms. The maximum absolute atomic E-state index is 4.81. The average molecular weight is 2600 g/mol. The van der Waals surface area contributed by atoms with E-state index >= 15 is 0 Å². The number of hydrogen-bond acceptors (Lipinski definition) is 0. The minimum atomic E-state index is -0.750. The van der Waals surface area contributed by atoms with Crippen molar-refractivity contribution in [3.8, 4) is 53.2 Å². The summed E-state index contributed by atoms with van der Waals surface area (Å²) in [5.74, 6) is 0. The first-order valence-electron chi connectivity index (χ1n) is 24.5. The van der Waals surface area contributed by atoms with E-state index in [1.54, 1.807) is 53.2 Å². The van der Waals surface area contributed by atoms with Crippen molar-refractivity contribution in [2.24, 2.45) is 0 Å². The van der Waals surface area contributed by atoms with Gasteiger partial charge in [0.05, 0.1) is 0 Å². The average Bonchev–Trinajstić information content (AvgIpc) is 4.27. The summed E-state index contributed by atoms with van der Waals surface area (Å²) in [4.78, 5) is 29.2. The summed E-state index contributed by atoms with van der Waals surface area (Å²) in [6.07, 6.45) is 0. The van der Waals surface area contributed by atoms with E-state index < -0.39 is 8.59 Å². The molecule has 0 N–H and O–H groups in total. The van der Waals surface area contributed by atoms with Crippen LogP contribution in [0.25, 0.3) is 53.2 Å². The number of rotatable bonds is 6. The summed E-state index contributed by atoms with van der Waals surface area (Å²) in [6, 6.07) is 65.6. The van der Waals surface area contributed by atoms with Crippen molar-refractivity contribution < 1.29 is 0 Å². The molecule has 0 aliphatic rings. The predicted molar refractivity (Wildman–Crippen MR) is 433 cm³/mol. The molecule has 0 radical (unpaired) electrons. The van der Waals surface area contributed by atoms with Crippen LogP contribution in [0, 0.1) is 0 Å². The van der Waals surface area contributed by atoms with Crippen LogP contribution < -0.4 is 0 Å². The van der Waals surface area contributed by atoms with Crippen molar-refractivity contribution in [1.82, 2.24) is 0 Å². The van der Waals surface area contributed by atoms with Gasteiger partial charge in [-0.15, -0.1) is 0 Å². The van der Waals surface area contributed by atoms with Crippen molar-refractivity contribution in [1.29, 1.82) is 0 Å². The second kappa shape index (κ2) is 53.9. The van der Waals surface area contributed by atoms with Gasteiger partial charge in [0.1, 0.15) is 0 Å². The molecule has 0 atom stereocenters. The third kappa shape index (κ3) is 39.8. The zero-order chi connectivity index (χ0) is 63.0. The zero-order valence-corrected chi connectivity index (χ0v) is 82.9. The van der Waals surface area contributed by atoms with Gasteiger partial charge in [0.15, 0.2) is 8.59 Å². The van der Waals surface area contributed by atoms with E-state index in [2.05, 4.69) is 326 Å². The molecule has 0 fully saturated rings. The van der Waals surface area contributed by atoms with Crippen molar-refractivity contribution >= 4 is 367 Å². The third-order valence-corrected chi connectivity index (χ3v) is 45.9. The molecule has 468 valence electrons. The molecule has 0 nitrogen and oxygen atoms in total. The second-order valence-corrected chi connectivity index (χ2v) is 59.8. The van der Waals surface area contributed by atoms with Crippen molar-refractivity contribution in [2.45, 2.75) is 16.0 Å². The Bertz CT molecular complexity index is 3460. The summed E-state index contributed by atoms with van der Waals surface area (Å²) in [5.41, 5.74) is 0. The Morgan fingerprint density at radius 3 is 0.528 bits per heavy atom. The van der Waals surface area contributed by atoms with E-state index in [4.69, 9.17) is 69.6 Å². The summed E-state index contributed by atoms with van der Waals surface area (Å²) in [7, 11) is 0. The van der Waals surface area contributed by atoms with Gasteiger partial charge in [0, 0.05) is 0 Å². The van der Waals surface area contributed by atoms with Gasteiger partial charge in [0.2, 0.25) is 0 Å². The summed E-state index contributed by atoms with van der Waals surface area (Å²) in [6.45, 7) is 0. The monoisotopic (exact) mass is 2610 g/mol. The molecule has 0 aliphatic heterocycles. The fraction of sp³-hybridized carbons (Fsp3) is 0.0476. The molecule has 0 bridgehead atoms. The molecule has 0 aliphatic carbocycles. The van der Waals surface area contributed by atoms with Crippen molar-refractivity contribution in [3.63, 3.8) is 0 Å². The molecule has 15 aromatic rings. The molecule has 0 unspecified atom stereocenters. The second-order valence-electron chi connectivity index (χ2n) is 15.2. The number of halogens is 11. The van der Waals surface area contributed by atoms with E-state index in [9.17, 15) is 0 Å². The first-order valence-corrected chi connectivity index (χ1v) is 58.5. The van der Waals surface area contributed by atoms with E-state index in [0.717, 1.165) is 0 Å². The van der Waals surface area contributed by atoms with Gasteiger partial charge in [-0.25, -0.2) is 0 Å². The predicted octanol–water partition coefficient (Wildman–Crippen LogP) is 19.5. The number of alkyl halides is 6. The fourth-order valence-electron chi connectivity index (χ4n) is 5.85. The molecule has 15 heterocycles. The van der Waals surface area contributed by atoms with Crippen LogP contribution in [0.3, 0.4) is 0 Å². The summed E-state index contributed by atoms with van der Waals surface area (Å²) >= 11 is 55.2. The van der Waals surface area contributed by atoms with Crippen molar-refractivity contribution in [2.75, 3.05) is 0 Å². The Balaban J connectivity index is 0.000000214. The third-order valence-electron chi connectivity index (χ3n) is 9.26. The maximum atomic E-state index is 4.81. The van der Waals surface area contributed by atoms with Crippen LogP contribution in [0.1, 0.15) is 7.43 Å². The van der Waals surface area contributed by atoms with E-state index in [1.165, 1.54) is 16.7 Å². The van der Waals surface area contributed by atoms with E-state index in [1.807, 2.05) is 0 Å². The Hall–Kier alpha value is 4.13. The van der Waals surface area contributed by atoms with E-state index in [-0.39, 0.29) is 7.43 Å². The van der Waals surface area contributed by atoms with Crippen LogP contribution in [-0.2, 0) is 0 Å².